The van der Waals surface area contributed by atoms with Crippen molar-refractivity contribution in [1.82, 2.24) is 5.32 Å². The maximum absolute atomic E-state index is 12.6. The van der Waals surface area contributed by atoms with Gasteiger partial charge in [0, 0.05) is 31.4 Å². The largest absolute Gasteiger partial charge is 0.443 e. The summed E-state index contributed by atoms with van der Waals surface area (Å²) in [6.45, 7) is 0. The van der Waals surface area contributed by atoms with Gasteiger partial charge in [0.1, 0.15) is 11.6 Å². The number of rotatable bonds is 7. The number of nitriles is 1. The van der Waals surface area contributed by atoms with Gasteiger partial charge in [0.25, 0.3) is 5.91 Å². The number of ether oxygens (including phenoxy) is 1. The molecule has 1 amide bonds. The molecule has 6 nitrogen and oxygen atoms in total. The van der Waals surface area contributed by atoms with Crippen LogP contribution in [0.15, 0.2) is 60.2 Å². The highest BCUT2D eigenvalue weighted by molar-refractivity contribution is 5.99. The summed E-state index contributed by atoms with van der Waals surface area (Å²) in [5, 5.41) is 12.3. The maximum Gasteiger partial charge on any atom is 0.350 e. The van der Waals surface area contributed by atoms with Crippen LogP contribution in [0.25, 0.3) is 6.08 Å². The zero-order valence-electron chi connectivity index (χ0n) is 16.5. The molecule has 0 aliphatic heterocycles. The molecule has 1 aliphatic carbocycles. The Morgan fingerprint density at radius 2 is 1.79 bits per heavy atom. The van der Waals surface area contributed by atoms with Crippen molar-refractivity contribution in [2.45, 2.75) is 25.0 Å². The summed E-state index contributed by atoms with van der Waals surface area (Å²) in [7, 11) is 3.86. The van der Waals surface area contributed by atoms with E-state index in [2.05, 4.69) is 5.32 Å². The molecule has 6 heteroatoms. The van der Waals surface area contributed by atoms with E-state index >= 15 is 0 Å². The number of esters is 1. The average molecular weight is 389 g/mol. The molecule has 1 atom stereocenters. The molecule has 1 fully saturated rings. The quantitative estimate of drug-likeness (QED) is 0.447. The van der Waals surface area contributed by atoms with E-state index in [-0.39, 0.29) is 17.5 Å². The van der Waals surface area contributed by atoms with Crippen LogP contribution < -0.4 is 10.2 Å². The zero-order valence-corrected chi connectivity index (χ0v) is 16.5. The SMILES string of the molecule is CN(C)c1ccc(/C=C(\C#N)C(=O)O[C@@H](C(=O)NC2CC2)c2ccccc2)cc1. The number of nitrogens with zero attached hydrogens (tertiary/aromatic N) is 2. The monoisotopic (exact) mass is 389 g/mol. The lowest BCUT2D eigenvalue weighted by Crippen LogP contribution is -2.33. The topological polar surface area (TPSA) is 82.4 Å². The number of anilines is 1. The Bertz CT molecular complexity index is 940. The Labute approximate surface area is 170 Å². The highest BCUT2D eigenvalue weighted by Gasteiger charge is 2.31. The van der Waals surface area contributed by atoms with E-state index in [1.165, 1.54) is 6.08 Å². The molecule has 2 aromatic rings. The molecule has 0 aromatic heterocycles. The summed E-state index contributed by atoms with van der Waals surface area (Å²) in [5.74, 6) is -1.20. The van der Waals surface area contributed by atoms with Crippen LogP contribution >= 0.6 is 0 Å². The smallest absolute Gasteiger partial charge is 0.350 e. The molecule has 0 heterocycles. The molecule has 2 aromatic carbocycles. The number of carbonyl (C=O) groups is 2. The Hall–Kier alpha value is -3.59. The Morgan fingerprint density at radius 1 is 1.14 bits per heavy atom. The second-order valence-corrected chi connectivity index (χ2v) is 7.13. The van der Waals surface area contributed by atoms with Crippen LogP contribution in [0, 0.1) is 11.3 Å². The predicted molar refractivity (Wildman–Crippen MR) is 111 cm³/mol. The van der Waals surface area contributed by atoms with Gasteiger partial charge in [-0.25, -0.2) is 4.79 Å². The standard InChI is InChI=1S/C23H23N3O3/c1-26(2)20-12-8-16(9-13-20)14-18(15-24)23(28)29-21(17-6-4-3-5-7-17)22(27)25-19-10-11-19/h3-9,12-14,19,21H,10-11H2,1-2H3,(H,25,27)/b18-14+/t21-/m1/s1. The Balaban J connectivity index is 1.79. The number of amides is 1. The van der Waals surface area contributed by atoms with Gasteiger partial charge >= 0.3 is 5.97 Å². The molecule has 1 N–H and O–H groups in total. The lowest BCUT2D eigenvalue weighted by Gasteiger charge is -2.17. The first-order valence-electron chi connectivity index (χ1n) is 9.43. The summed E-state index contributed by atoms with van der Waals surface area (Å²) >= 11 is 0. The molecule has 29 heavy (non-hydrogen) atoms. The minimum Gasteiger partial charge on any atom is -0.443 e. The number of benzene rings is 2. The first-order valence-corrected chi connectivity index (χ1v) is 9.43. The number of nitrogens with one attached hydrogen (secondary N) is 1. The molecule has 3 rings (SSSR count). The zero-order chi connectivity index (χ0) is 20.8. The van der Waals surface area contributed by atoms with E-state index in [9.17, 15) is 14.9 Å². The van der Waals surface area contributed by atoms with Gasteiger partial charge in [-0.1, -0.05) is 42.5 Å². The maximum atomic E-state index is 12.6. The van der Waals surface area contributed by atoms with Gasteiger partial charge in [-0.2, -0.15) is 5.26 Å². The van der Waals surface area contributed by atoms with Gasteiger partial charge in [-0.05, 0) is 36.6 Å². The van der Waals surface area contributed by atoms with Crippen LogP contribution in [0.5, 0.6) is 0 Å². The fraction of sp³-hybridized carbons (Fsp3) is 0.261. The molecule has 0 saturated heterocycles. The summed E-state index contributed by atoms with van der Waals surface area (Å²) in [5.41, 5.74) is 2.10. The minimum absolute atomic E-state index is 0.133. The van der Waals surface area contributed by atoms with Crippen LogP contribution in [0.1, 0.15) is 30.1 Å². The van der Waals surface area contributed by atoms with Crippen molar-refractivity contribution in [2.75, 3.05) is 19.0 Å². The first-order chi connectivity index (χ1) is 14.0. The van der Waals surface area contributed by atoms with E-state index in [1.54, 1.807) is 24.3 Å². The first kappa shape index (κ1) is 20.2. The van der Waals surface area contributed by atoms with Crippen molar-refractivity contribution in [3.8, 4) is 6.07 Å². The molecule has 0 bridgehead atoms. The lowest BCUT2D eigenvalue weighted by atomic mass is 10.1. The van der Waals surface area contributed by atoms with Crippen molar-refractivity contribution in [1.29, 1.82) is 5.26 Å². The molecule has 0 unspecified atom stereocenters. The molecule has 148 valence electrons. The second kappa shape index (κ2) is 9.07. The van der Waals surface area contributed by atoms with E-state index in [4.69, 9.17) is 4.74 Å². The third kappa shape index (κ3) is 5.45. The van der Waals surface area contributed by atoms with Gasteiger partial charge < -0.3 is 15.0 Å². The Morgan fingerprint density at radius 3 is 2.34 bits per heavy atom. The van der Waals surface area contributed by atoms with Gasteiger partial charge in [-0.3, -0.25) is 4.79 Å². The number of hydrogen-bond acceptors (Lipinski definition) is 5. The van der Waals surface area contributed by atoms with Crippen molar-refractivity contribution >= 4 is 23.6 Å². The summed E-state index contributed by atoms with van der Waals surface area (Å²) in [6, 6.07) is 18.2. The normalized spacial score (nSPS) is 14.4. The summed E-state index contributed by atoms with van der Waals surface area (Å²) in [4.78, 5) is 27.2. The highest BCUT2D eigenvalue weighted by Crippen LogP contribution is 2.24. The van der Waals surface area contributed by atoms with Crippen LogP contribution in [-0.4, -0.2) is 32.0 Å². The van der Waals surface area contributed by atoms with Crippen LogP contribution in [-0.2, 0) is 14.3 Å². The molecular formula is C23H23N3O3. The van der Waals surface area contributed by atoms with Crippen molar-refractivity contribution in [3.63, 3.8) is 0 Å². The van der Waals surface area contributed by atoms with Crippen LogP contribution in [0.3, 0.4) is 0 Å². The molecule has 0 spiro atoms. The van der Waals surface area contributed by atoms with E-state index in [0.717, 1.165) is 18.5 Å². The number of carbonyl (C=O) groups excluding carboxylic acids is 2. The average Bonchev–Trinajstić information content (AvgIpc) is 3.54. The fourth-order valence-corrected chi connectivity index (χ4v) is 2.75. The van der Waals surface area contributed by atoms with Crippen molar-refractivity contribution in [2.24, 2.45) is 0 Å². The summed E-state index contributed by atoms with van der Waals surface area (Å²) < 4.78 is 5.46. The van der Waals surface area contributed by atoms with Crippen molar-refractivity contribution in [3.05, 3.63) is 71.3 Å². The van der Waals surface area contributed by atoms with E-state index in [0.29, 0.717) is 11.1 Å². The van der Waals surface area contributed by atoms with E-state index < -0.39 is 12.1 Å². The number of hydrogen-bond donors (Lipinski definition) is 1. The van der Waals surface area contributed by atoms with Gasteiger partial charge in [0.05, 0.1) is 0 Å². The molecule has 1 aliphatic rings. The van der Waals surface area contributed by atoms with Gasteiger partial charge in [0.15, 0.2) is 0 Å². The van der Waals surface area contributed by atoms with Gasteiger partial charge in [0.2, 0.25) is 6.10 Å². The second-order valence-electron chi connectivity index (χ2n) is 7.13. The lowest BCUT2D eigenvalue weighted by molar-refractivity contribution is -0.152. The van der Waals surface area contributed by atoms with Crippen LogP contribution in [0.2, 0.25) is 0 Å². The minimum atomic E-state index is -1.10. The molecular weight excluding hydrogens is 366 g/mol. The molecule has 0 radical (unpaired) electrons. The van der Waals surface area contributed by atoms with Crippen molar-refractivity contribution < 1.29 is 14.3 Å². The fourth-order valence-electron chi connectivity index (χ4n) is 2.75. The Kier molecular flexibility index (Phi) is 6.30. The molecule has 1 saturated carbocycles. The third-order valence-electron chi connectivity index (χ3n) is 4.55. The highest BCUT2D eigenvalue weighted by atomic mass is 16.5. The van der Waals surface area contributed by atoms with Crippen LogP contribution in [0.4, 0.5) is 5.69 Å². The third-order valence-corrected chi connectivity index (χ3v) is 4.55. The van der Waals surface area contributed by atoms with E-state index in [1.807, 2.05) is 55.4 Å². The van der Waals surface area contributed by atoms with Gasteiger partial charge in [-0.15, -0.1) is 0 Å². The summed E-state index contributed by atoms with van der Waals surface area (Å²) in [6.07, 6.45) is 2.21. The predicted octanol–water partition coefficient (Wildman–Crippen LogP) is 3.22.